The molecule has 0 heterocycles. The lowest BCUT2D eigenvalue weighted by molar-refractivity contribution is -0.386. The zero-order valence-corrected chi connectivity index (χ0v) is 14.4. The van der Waals surface area contributed by atoms with Crippen molar-refractivity contribution in [3.63, 3.8) is 0 Å². The Kier molecular flexibility index (Phi) is 6.84. The van der Waals surface area contributed by atoms with Crippen molar-refractivity contribution < 1.29 is 9.66 Å². The van der Waals surface area contributed by atoms with Crippen LogP contribution in [-0.4, -0.2) is 24.1 Å². The summed E-state index contributed by atoms with van der Waals surface area (Å²) >= 11 is 1.95. The van der Waals surface area contributed by atoms with Crippen molar-refractivity contribution in [1.82, 2.24) is 5.32 Å². The zero-order chi connectivity index (χ0) is 16.0. The molecule has 0 spiro atoms. The van der Waals surface area contributed by atoms with Crippen molar-refractivity contribution in [3.8, 4) is 11.8 Å². The van der Waals surface area contributed by atoms with Crippen LogP contribution in [0, 0.1) is 30.9 Å². The standard InChI is InChI=1S/C14H18IN3O3/c1-9(2)17-7-10(3)8-21-14-12(15)4-11(6-16)5-13(14)18(19)20/h4-5,9-10,17H,7-8H2,1-3H3. The fraction of sp³-hybridized carbons (Fsp3) is 0.500. The Morgan fingerprint density at radius 1 is 1.48 bits per heavy atom. The Morgan fingerprint density at radius 3 is 2.67 bits per heavy atom. The van der Waals surface area contributed by atoms with Crippen molar-refractivity contribution in [2.24, 2.45) is 5.92 Å². The summed E-state index contributed by atoms with van der Waals surface area (Å²) in [5, 5.41) is 23.3. The monoisotopic (exact) mass is 403 g/mol. The number of nitro benzene ring substituents is 1. The van der Waals surface area contributed by atoms with Crippen LogP contribution in [0.1, 0.15) is 26.3 Å². The molecule has 0 bridgehead atoms. The summed E-state index contributed by atoms with van der Waals surface area (Å²) < 4.78 is 6.20. The van der Waals surface area contributed by atoms with Crippen molar-refractivity contribution in [3.05, 3.63) is 31.4 Å². The largest absolute Gasteiger partial charge is 0.486 e. The van der Waals surface area contributed by atoms with E-state index >= 15 is 0 Å². The number of nitrogens with one attached hydrogen (secondary N) is 1. The molecule has 0 aliphatic carbocycles. The van der Waals surface area contributed by atoms with Gasteiger partial charge in [0, 0.05) is 24.6 Å². The highest BCUT2D eigenvalue weighted by Crippen LogP contribution is 2.33. The fourth-order valence-electron chi connectivity index (χ4n) is 1.64. The minimum absolute atomic E-state index is 0.164. The van der Waals surface area contributed by atoms with Crippen molar-refractivity contribution >= 4 is 28.3 Å². The van der Waals surface area contributed by atoms with Crippen molar-refractivity contribution in [2.45, 2.75) is 26.8 Å². The molecular formula is C14H18IN3O3. The predicted molar refractivity (Wildman–Crippen MR) is 88.3 cm³/mol. The van der Waals surface area contributed by atoms with E-state index in [0.717, 1.165) is 6.54 Å². The molecule has 0 saturated heterocycles. The minimum atomic E-state index is -0.518. The number of nitriles is 1. The van der Waals surface area contributed by atoms with Crippen LogP contribution in [0.5, 0.6) is 5.75 Å². The molecule has 0 fully saturated rings. The van der Waals surface area contributed by atoms with Gasteiger partial charge < -0.3 is 10.1 Å². The number of benzene rings is 1. The Morgan fingerprint density at radius 2 is 2.14 bits per heavy atom. The van der Waals surface area contributed by atoms with E-state index in [2.05, 4.69) is 19.2 Å². The normalized spacial score (nSPS) is 12.0. The lowest BCUT2D eigenvalue weighted by Gasteiger charge is -2.16. The molecule has 0 aliphatic heterocycles. The first-order valence-corrected chi connectivity index (χ1v) is 7.67. The Labute approximate surface area is 137 Å². The molecular weight excluding hydrogens is 385 g/mol. The van der Waals surface area contributed by atoms with Crippen LogP contribution >= 0.6 is 22.6 Å². The van der Waals surface area contributed by atoms with E-state index in [0.29, 0.717) is 16.2 Å². The Hall–Kier alpha value is -1.40. The van der Waals surface area contributed by atoms with Gasteiger partial charge in [0.05, 0.1) is 26.7 Å². The van der Waals surface area contributed by atoms with E-state index in [-0.39, 0.29) is 22.9 Å². The summed E-state index contributed by atoms with van der Waals surface area (Å²) in [6.07, 6.45) is 0. The molecule has 0 saturated carbocycles. The van der Waals surface area contributed by atoms with E-state index in [4.69, 9.17) is 10.00 Å². The summed E-state index contributed by atoms with van der Waals surface area (Å²) in [5.74, 6) is 0.453. The third kappa shape index (κ3) is 5.47. The van der Waals surface area contributed by atoms with E-state index in [1.807, 2.05) is 35.6 Å². The summed E-state index contributed by atoms with van der Waals surface area (Å²) in [6.45, 7) is 7.28. The van der Waals surface area contributed by atoms with E-state index in [1.54, 1.807) is 6.07 Å². The predicted octanol–water partition coefficient (Wildman–Crippen LogP) is 3.08. The second kappa shape index (κ2) is 8.14. The average molecular weight is 403 g/mol. The lowest BCUT2D eigenvalue weighted by Crippen LogP contribution is -2.30. The number of hydrogen-bond acceptors (Lipinski definition) is 5. The first-order chi connectivity index (χ1) is 9.85. The number of nitrogens with zero attached hydrogens (tertiary/aromatic N) is 2. The third-order valence-electron chi connectivity index (χ3n) is 2.74. The smallest absolute Gasteiger partial charge is 0.313 e. The Balaban J connectivity index is 2.83. The summed E-state index contributed by atoms with van der Waals surface area (Å²) in [4.78, 5) is 10.6. The molecule has 6 nitrogen and oxygen atoms in total. The van der Waals surface area contributed by atoms with E-state index in [1.165, 1.54) is 6.07 Å². The van der Waals surface area contributed by atoms with Crippen LogP contribution in [-0.2, 0) is 0 Å². The summed E-state index contributed by atoms with van der Waals surface area (Å²) in [5.41, 5.74) is 0.0930. The van der Waals surface area contributed by atoms with Gasteiger partial charge in [0.2, 0.25) is 5.75 Å². The molecule has 0 aliphatic rings. The lowest BCUT2D eigenvalue weighted by atomic mass is 10.2. The number of rotatable bonds is 7. The number of halogens is 1. The highest BCUT2D eigenvalue weighted by molar-refractivity contribution is 14.1. The van der Waals surface area contributed by atoms with Gasteiger partial charge in [-0.2, -0.15) is 5.26 Å². The van der Waals surface area contributed by atoms with Crippen LogP contribution in [0.3, 0.4) is 0 Å². The van der Waals surface area contributed by atoms with Crippen LogP contribution in [0.15, 0.2) is 12.1 Å². The maximum atomic E-state index is 11.1. The van der Waals surface area contributed by atoms with Gasteiger partial charge in [0.15, 0.2) is 0 Å². The molecule has 1 aromatic carbocycles. The molecule has 21 heavy (non-hydrogen) atoms. The minimum Gasteiger partial charge on any atom is -0.486 e. The van der Waals surface area contributed by atoms with Gasteiger partial charge in [-0.25, -0.2) is 0 Å². The van der Waals surface area contributed by atoms with Crippen LogP contribution in [0.4, 0.5) is 5.69 Å². The molecule has 1 unspecified atom stereocenters. The van der Waals surface area contributed by atoms with Crippen LogP contribution in [0.2, 0.25) is 0 Å². The molecule has 0 amide bonds. The van der Waals surface area contributed by atoms with Gasteiger partial charge in [-0.05, 0) is 28.7 Å². The maximum absolute atomic E-state index is 11.1. The molecule has 114 valence electrons. The second-order valence-electron chi connectivity index (χ2n) is 5.15. The first-order valence-electron chi connectivity index (χ1n) is 6.59. The van der Waals surface area contributed by atoms with E-state index in [9.17, 15) is 10.1 Å². The van der Waals surface area contributed by atoms with Crippen molar-refractivity contribution in [2.75, 3.05) is 13.2 Å². The number of nitro groups is 1. The maximum Gasteiger partial charge on any atom is 0.313 e. The highest BCUT2D eigenvalue weighted by Gasteiger charge is 2.21. The van der Waals surface area contributed by atoms with Crippen LogP contribution in [0.25, 0.3) is 0 Å². The van der Waals surface area contributed by atoms with Gasteiger partial charge in [-0.3, -0.25) is 10.1 Å². The van der Waals surface area contributed by atoms with E-state index < -0.39 is 4.92 Å². The topological polar surface area (TPSA) is 88.2 Å². The molecule has 7 heteroatoms. The Bertz CT molecular complexity index is 555. The number of ether oxygens (including phenoxy) is 1. The molecule has 1 rings (SSSR count). The quantitative estimate of drug-likeness (QED) is 0.430. The first kappa shape index (κ1) is 17.7. The third-order valence-corrected chi connectivity index (χ3v) is 3.54. The van der Waals surface area contributed by atoms with Crippen molar-refractivity contribution in [1.29, 1.82) is 5.26 Å². The summed E-state index contributed by atoms with van der Waals surface area (Å²) in [6, 6.07) is 5.13. The molecule has 0 aromatic heterocycles. The van der Waals surface area contributed by atoms with Gasteiger partial charge in [0.25, 0.3) is 0 Å². The average Bonchev–Trinajstić information content (AvgIpc) is 2.42. The molecule has 1 aromatic rings. The molecule has 1 N–H and O–H groups in total. The number of hydrogen-bond donors (Lipinski definition) is 1. The summed E-state index contributed by atoms with van der Waals surface area (Å²) in [7, 11) is 0. The zero-order valence-electron chi connectivity index (χ0n) is 12.2. The molecule has 1 atom stereocenters. The fourth-order valence-corrected chi connectivity index (χ4v) is 2.41. The van der Waals surface area contributed by atoms with Gasteiger partial charge in [0.1, 0.15) is 0 Å². The highest BCUT2D eigenvalue weighted by atomic mass is 127. The molecule has 0 radical (unpaired) electrons. The van der Waals surface area contributed by atoms with Gasteiger partial charge >= 0.3 is 5.69 Å². The van der Waals surface area contributed by atoms with Gasteiger partial charge in [-0.15, -0.1) is 0 Å². The second-order valence-corrected chi connectivity index (χ2v) is 6.32. The van der Waals surface area contributed by atoms with Gasteiger partial charge in [-0.1, -0.05) is 20.8 Å². The van der Waals surface area contributed by atoms with Crippen LogP contribution < -0.4 is 10.1 Å². The SMILES string of the molecule is CC(CNC(C)C)COc1c(I)cc(C#N)cc1[N+](=O)[O-].